The molecule has 0 saturated heterocycles. The third kappa shape index (κ3) is 5.23. The highest BCUT2D eigenvalue weighted by Gasteiger charge is 2.20. The summed E-state index contributed by atoms with van der Waals surface area (Å²) in [7, 11) is -3.62. The molecule has 0 unspecified atom stereocenters. The Morgan fingerprint density at radius 2 is 1.77 bits per heavy atom. The molecule has 3 aromatic rings. The average Bonchev–Trinajstić information content (AvgIpc) is 3.19. The van der Waals surface area contributed by atoms with Crippen LogP contribution in [-0.4, -0.2) is 14.5 Å². The Bertz CT molecular complexity index is 1050. The van der Waals surface area contributed by atoms with E-state index in [2.05, 4.69) is 17.0 Å². The largest absolute Gasteiger partial charge is 0.310 e. The van der Waals surface area contributed by atoms with Gasteiger partial charge in [0.2, 0.25) is 0 Å². The lowest BCUT2D eigenvalue weighted by Crippen LogP contribution is -2.29. The highest BCUT2D eigenvalue weighted by Crippen LogP contribution is 2.31. The first-order valence-corrected chi connectivity index (χ1v) is 13.1. The lowest BCUT2D eigenvalue weighted by atomic mass is 9.85. The van der Waals surface area contributed by atoms with Crippen LogP contribution < -0.4 is 10.0 Å². The number of rotatable bonds is 8. The van der Waals surface area contributed by atoms with Crippen molar-refractivity contribution in [3.8, 4) is 0 Å². The average molecular weight is 443 g/mol. The van der Waals surface area contributed by atoms with Crippen LogP contribution in [0.3, 0.4) is 0 Å². The molecule has 1 atom stereocenters. The summed E-state index contributed by atoms with van der Waals surface area (Å²) in [4.78, 5) is 0. The summed E-state index contributed by atoms with van der Waals surface area (Å²) in [6.45, 7) is 2.89. The van der Waals surface area contributed by atoms with Gasteiger partial charge in [0.15, 0.2) is 0 Å². The minimum atomic E-state index is -3.62. The number of nitrogens with one attached hydrogen (secondary N) is 2. The van der Waals surface area contributed by atoms with Crippen LogP contribution in [0.4, 0.5) is 5.69 Å². The Labute approximate surface area is 183 Å². The molecule has 0 aliphatic heterocycles. The summed E-state index contributed by atoms with van der Waals surface area (Å²) >= 11 is 1.30. The molecule has 0 bridgehead atoms. The molecule has 0 radical (unpaired) electrons. The molecule has 2 N–H and O–H groups in total. The lowest BCUT2D eigenvalue weighted by Gasteiger charge is -2.25. The van der Waals surface area contributed by atoms with Crippen molar-refractivity contribution in [1.29, 1.82) is 0 Å². The second kappa shape index (κ2) is 9.50. The molecule has 1 saturated carbocycles. The molecule has 1 aromatic heterocycles. The highest BCUT2D eigenvalue weighted by molar-refractivity contribution is 7.94. The topological polar surface area (TPSA) is 58.2 Å². The smallest absolute Gasteiger partial charge is 0.271 e. The number of hydrogen-bond acceptors (Lipinski definition) is 4. The maximum absolute atomic E-state index is 13.0. The summed E-state index contributed by atoms with van der Waals surface area (Å²) in [5.74, 6) is 0.822. The van der Waals surface area contributed by atoms with Crippen molar-refractivity contribution in [3.05, 3.63) is 60.2 Å². The number of anilines is 1. The van der Waals surface area contributed by atoms with Gasteiger partial charge in [-0.15, -0.1) is 11.3 Å². The molecule has 1 fully saturated rings. The van der Waals surface area contributed by atoms with Crippen molar-refractivity contribution in [2.75, 3.05) is 4.72 Å². The molecule has 2 aromatic carbocycles. The molecule has 0 spiro atoms. The quantitative estimate of drug-likeness (QED) is 0.440. The van der Waals surface area contributed by atoms with Crippen molar-refractivity contribution in [2.24, 2.45) is 5.92 Å². The number of hydrogen-bond donors (Lipinski definition) is 2. The van der Waals surface area contributed by atoms with Crippen LogP contribution in [0.25, 0.3) is 10.1 Å². The van der Waals surface area contributed by atoms with Gasteiger partial charge in [-0.25, -0.2) is 8.42 Å². The predicted octanol–water partition coefficient (Wildman–Crippen LogP) is 6.15. The first kappa shape index (κ1) is 21.3. The van der Waals surface area contributed by atoms with Crippen molar-refractivity contribution in [3.63, 3.8) is 0 Å². The molecule has 1 aliphatic rings. The molecule has 160 valence electrons. The number of fused-ring (bicyclic) bond motifs is 1. The normalized spacial score (nSPS) is 16.6. The van der Waals surface area contributed by atoms with E-state index in [9.17, 15) is 8.42 Å². The first-order chi connectivity index (χ1) is 14.5. The minimum absolute atomic E-state index is 0.345. The Kier molecular flexibility index (Phi) is 6.76. The van der Waals surface area contributed by atoms with Gasteiger partial charge in [-0.1, -0.05) is 68.5 Å². The first-order valence-electron chi connectivity index (χ1n) is 10.8. The van der Waals surface area contributed by atoms with Gasteiger partial charge in [-0.2, -0.15) is 0 Å². The van der Waals surface area contributed by atoms with Gasteiger partial charge in [0.25, 0.3) is 10.0 Å². The van der Waals surface area contributed by atoms with Gasteiger partial charge >= 0.3 is 0 Å². The van der Waals surface area contributed by atoms with Crippen LogP contribution >= 0.6 is 11.3 Å². The lowest BCUT2D eigenvalue weighted by molar-refractivity contribution is 0.305. The Morgan fingerprint density at radius 3 is 2.57 bits per heavy atom. The molecule has 6 heteroatoms. The van der Waals surface area contributed by atoms with Crippen molar-refractivity contribution >= 4 is 37.1 Å². The molecular formula is C24H30N2O2S2. The number of benzene rings is 2. The zero-order chi connectivity index (χ0) is 21.0. The summed E-state index contributed by atoms with van der Waals surface area (Å²) in [6.07, 6.45) is 7.98. The van der Waals surface area contributed by atoms with Crippen LogP contribution in [0.2, 0.25) is 0 Å². The second-order valence-corrected chi connectivity index (χ2v) is 11.4. The summed E-state index contributed by atoms with van der Waals surface area (Å²) in [5.41, 5.74) is 1.62. The van der Waals surface area contributed by atoms with E-state index in [0.717, 1.165) is 21.6 Å². The standard InChI is InChI=1S/C24H30N2O2S2/c1-18(15-19-9-3-2-4-10-19)25-17-21-12-5-7-13-22(21)26-30(27,28)24-16-20-11-6-8-14-23(20)29-24/h5-8,11-14,16,18-19,25-26H,2-4,9-10,15,17H2,1H3/t18-/m1/s1. The number of sulfonamides is 1. The van der Waals surface area contributed by atoms with E-state index in [1.54, 1.807) is 6.07 Å². The number of thiophene rings is 1. The van der Waals surface area contributed by atoms with E-state index in [0.29, 0.717) is 22.5 Å². The Balaban J connectivity index is 1.43. The van der Waals surface area contributed by atoms with Crippen molar-refractivity contribution in [2.45, 2.75) is 62.2 Å². The summed E-state index contributed by atoms with van der Waals surface area (Å²) in [5, 5.41) is 4.55. The van der Waals surface area contributed by atoms with Crippen LogP contribution in [0.5, 0.6) is 0 Å². The van der Waals surface area contributed by atoms with E-state index < -0.39 is 10.0 Å². The van der Waals surface area contributed by atoms with Crippen LogP contribution in [0.1, 0.15) is 51.0 Å². The fraction of sp³-hybridized carbons (Fsp3) is 0.417. The maximum Gasteiger partial charge on any atom is 0.271 e. The van der Waals surface area contributed by atoms with E-state index in [1.165, 1.54) is 49.9 Å². The van der Waals surface area contributed by atoms with Gasteiger partial charge in [-0.05, 0) is 48.4 Å². The predicted molar refractivity (Wildman–Crippen MR) is 127 cm³/mol. The summed E-state index contributed by atoms with van der Waals surface area (Å²) in [6, 6.07) is 17.6. The Morgan fingerprint density at radius 1 is 1.03 bits per heavy atom. The van der Waals surface area contributed by atoms with Crippen LogP contribution in [0, 0.1) is 5.92 Å². The van der Waals surface area contributed by atoms with Crippen molar-refractivity contribution < 1.29 is 8.42 Å². The Hall–Kier alpha value is -1.89. The van der Waals surface area contributed by atoms with Crippen molar-refractivity contribution in [1.82, 2.24) is 5.32 Å². The van der Waals surface area contributed by atoms with Gasteiger partial charge in [0.05, 0.1) is 5.69 Å². The molecular weight excluding hydrogens is 412 g/mol. The second-order valence-electron chi connectivity index (χ2n) is 8.39. The van der Waals surface area contributed by atoms with Gasteiger partial charge in [0, 0.05) is 17.3 Å². The molecule has 1 heterocycles. The van der Waals surface area contributed by atoms with E-state index >= 15 is 0 Å². The zero-order valence-corrected chi connectivity index (χ0v) is 19.1. The fourth-order valence-electron chi connectivity index (χ4n) is 4.35. The van der Waals surface area contributed by atoms with E-state index in [1.807, 2.05) is 48.5 Å². The van der Waals surface area contributed by atoms with Crippen LogP contribution in [-0.2, 0) is 16.6 Å². The maximum atomic E-state index is 13.0. The van der Waals surface area contributed by atoms with Crippen LogP contribution in [0.15, 0.2) is 58.8 Å². The SMILES string of the molecule is C[C@H](CC1CCCCC1)NCc1ccccc1NS(=O)(=O)c1cc2ccccc2s1. The van der Waals surface area contributed by atoms with Gasteiger partial charge < -0.3 is 5.32 Å². The molecule has 1 aliphatic carbocycles. The minimum Gasteiger partial charge on any atom is -0.310 e. The zero-order valence-electron chi connectivity index (χ0n) is 17.4. The monoisotopic (exact) mass is 442 g/mol. The molecule has 30 heavy (non-hydrogen) atoms. The van der Waals surface area contributed by atoms with Gasteiger partial charge in [0.1, 0.15) is 4.21 Å². The third-order valence-electron chi connectivity index (χ3n) is 5.98. The highest BCUT2D eigenvalue weighted by atomic mass is 32.2. The van der Waals surface area contributed by atoms with Gasteiger partial charge in [-0.3, -0.25) is 4.72 Å². The molecule has 4 nitrogen and oxygen atoms in total. The van der Waals surface area contributed by atoms with E-state index in [-0.39, 0.29) is 0 Å². The third-order valence-corrected chi connectivity index (χ3v) is 8.94. The molecule has 4 rings (SSSR count). The fourth-order valence-corrected chi connectivity index (χ4v) is 6.85. The summed E-state index contributed by atoms with van der Waals surface area (Å²) < 4.78 is 30.1. The number of para-hydroxylation sites is 1. The van der Waals surface area contributed by atoms with E-state index in [4.69, 9.17) is 0 Å². The molecule has 0 amide bonds.